The third-order valence-corrected chi connectivity index (χ3v) is 7.95. The van der Waals surface area contributed by atoms with Crippen LogP contribution in [0.4, 0.5) is 0 Å². The minimum absolute atomic E-state index is 0.0680. The first-order valence-corrected chi connectivity index (χ1v) is 12.5. The van der Waals surface area contributed by atoms with Gasteiger partial charge in [0, 0.05) is 48.3 Å². The predicted molar refractivity (Wildman–Crippen MR) is 131 cm³/mol. The van der Waals surface area contributed by atoms with Crippen LogP contribution in [0.1, 0.15) is 51.0 Å². The lowest BCUT2D eigenvalue weighted by Crippen LogP contribution is -2.47. The maximum absolute atomic E-state index is 13.7. The Hall–Kier alpha value is -2.96. The molecule has 2 N–H and O–H groups in total. The summed E-state index contributed by atoms with van der Waals surface area (Å²) in [5.41, 5.74) is 8.86. The largest absolute Gasteiger partial charge is 0.340 e. The highest BCUT2D eigenvalue weighted by molar-refractivity contribution is 7.10. The maximum Gasteiger partial charge on any atom is 0.255 e. The van der Waals surface area contributed by atoms with Crippen LogP contribution in [0.15, 0.2) is 72.1 Å². The molecule has 2 amide bonds. The fourth-order valence-corrected chi connectivity index (χ4v) is 5.93. The number of amides is 2. The lowest BCUT2D eigenvalue weighted by molar-refractivity contribution is -0.134. The van der Waals surface area contributed by atoms with E-state index < -0.39 is 6.04 Å². The van der Waals surface area contributed by atoms with Gasteiger partial charge in [0.05, 0.1) is 5.56 Å². The molecule has 0 unspecified atom stereocenters. The molecule has 0 bridgehead atoms. The third kappa shape index (κ3) is 4.45. The lowest BCUT2D eigenvalue weighted by atomic mass is 9.96. The Bertz CT molecular complexity index is 1110. The Morgan fingerprint density at radius 3 is 2.24 bits per heavy atom. The van der Waals surface area contributed by atoms with E-state index in [2.05, 4.69) is 36.4 Å². The zero-order valence-electron chi connectivity index (χ0n) is 18.6. The molecular weight excluding hydrogens is 430 g/mol. The molecule has 0 radical (unpaired) electrons. The molecule has 0 spiro atoms. The van der Waals surface area contributed by atoms with Gasteiger partial charge < -0.3 is 15.5 Å². The molecular formula is C27H29N3O2S. The van der Waals surface area contributed by atoms with Crippen LogP contribution in [0.2, 0.25) is 0 Å². The van der Waals surface area contributed by atoms with Gasteiger partial charge in [-0.15, -0.1) is 11.3 Å². The minimum atomic E-state index is -0.432. The maximum atomic E-state index is 13.7. The number of carbonyl (C=O) groups is 2. The Morgan fingerprint density at radius 1 is 0.939 bits per heavy atom. The van der Waals surface area contributed by atoms with E-state index in [0.29, 0.717) is 37.5 Å². The summed E-state index contributed by atoms with van der Waals surface area (Å²) >= 11 is 1.50. The second kappa shape index (κ2) is 9.49. The minimum Gasteiger partial charge on any atom is -0.340 e. The standard InChI is InChI=1S/C27H29N3O2S/c28-15-24-13-23(18-33-24)26(31)30-17-22(20-9-5-2-6-10-20)14-25(30)27(32)29-12-11-21(16-29)19-7-3-1-4-8-19/h1-10,13,18,21-22,25H,11-12,14-17,28H2/t21-,22-,25-/m0/s1. The molecule has 3 aromatic rings. The van der Waals surface area contributed by atoms with Gasteiger partial charge in [-0.1, -0.05) is 60.7 Å². The summed E-state index contributed by atoms with van der Waals surface area (Å²) in [7, 11) is 0. The highest BCUT2D eigenvalue weighted by Gasteiger charge is 2.43. The first-order chi connectivity index (χ1) is 16.1. The number of likely N-dealkylation sites (tertiary alicyclic amines) is 2. The fourth-order valence-electron chi connectivity index (χ4n) is 5.20. The number of benzene rings is 2. The van der Waals surface area contributed by atoms with E-state index in [4.69, 9.17) is 5.73 Å². The van der Waals surface area contributed by atoms with Crippen molar-refractivity contribution in [1.29, 1.82) is 0 Å². The molecule has 3 heterocycles. The number of rotatable bonds is 5. The first-order valence-electron chi connectivity index (χ1n) is 11.6. The van der Waals surface area contributed by atoms with E-state index in [-0.39, 0.29) is 17.7 Å². The molecule has 2 saturated heterocycles. The quantitative estimate of drug-likeness (QED) is 0.621. The highest BCUT2D eigenvalue weighted by Crippen LogP contribution is 2.36. The van der Waals surface area contributed by atoms with Gasteiger partial charge in [0.2, 0.25) is 5.91 Å². The number of thiophene rings is 1. The van der Waals surface area contributed by atoms with Crippen molar-refractivity contribution in [2.45, 2.75) is 37.3 Å². The van der Waals surface area contributed by atoms with E-state index in [1.165, 1.54) is 22.5 Å². The van der Waals surface area contributed by atoms with Crippen molar-refractivity contribution in [2.24, 2.45) is 5.73 Å². The van der Waals surface area contributed by atoms with E-state index in [0.717, 1.165) is 17.8 Å². The normalized spacial score (nSPS) is 22.6. The molecule has 170 valence electrons. The number of hydrogen-bond acceptors (Lipinski definition) is 4. The predicted octanol–water partition coefficient (Wildman–Crippen LogP) is 4.22. The molecule has 1 aromatic heterocycles. The molecule has 0 saturated carbocycles. The fraction of sp³-hybridized carbons (Fsp3) is 0.333. The number of nitrogens with zero attached hydrogens (tertiary/aromatic N) is 2. The molecule has 2 aromatic carbocycles. The summed E-state index contributed by atoms with van der Waals surface area (Å²) in [5.74, 6) is 0.523. The van der Waals surface area contributed by atoms with Crippen LogP contribution >= 0.6 is 11.3 Å². The monoisotopic (exact) mass is 459 g/mol. The van der Waals surface area contributed by atoms with Crippen molar-refractivity contribution in [2.75, 3.05) is 19.6 Å². The second-order valence-electron chi connectivity index (χ2n) is 9.00. The SMILES string of the molecule is NCc1cc(C(=O)N2C[C@@H](c3ccccc3)C[C@H]2C(=O)N2CC[C@H](c3ccccc3)C2)cs1. The summed E-state index contributed by atoms with van der Waals surface area (Å²) in [4.78, 5) is 32.0. The second-order valence-corrected chi connectivity index (χ2v) is 10.00. The zero-order valence-corrected chi connectivity index (χ0v) is 19.4. The van der Waals surface area contributed by atoms with Gasteiger partial charge in [-0.2, -0.15) is 0 Å². The topological polar surface area (TPSA) is 66.6 Å². The van der Waals surface area contributed by atoms with Gasteiger partial charge in [-0.25, -0.2) is 0 Å². The third-order valence-electron chi connectivity index (χ3n) is 6.99. The van der Waals surface area contributed by atoms with Crippen LogP contribution < -0.4 is 5.73 Å². The van der Waals surface area contributed by atoms with Crippen LogP contribution in [0, 0.1) is 0 Å². The van der Waals surface area contributed by atoms with Gasteiger partial charge in [0.1, 0.15) is 6.04 Å². The lowest BCUT2D eigenvalue weighted by Gasteiger charge is -2.28. The molecule has 6 heteroatoms. The highest BCUT2D eigenvalue weighted by atomic mass is 32.1. The van der Waals surface area contributed by atoms with Crippen LogP contribution in [-0.4, -0.2) is 47.3 Å². The molecule has 2 fully saturated rings. The van der Waals surface area contributed by atoms with Gasteiger partial charge in [0.25, 0.3) is 5.91 Å². The summed E-state index contributed by atoms with van der Waals surface area (Å²) in [6.45, 7) is 2.43. The van der Waals surface area contributed by atoms with Gasteiger partial charge in [-0.3, -0.25) is 9.59 Å². The van der Waals surface area contributed by atoms with Crippen LogP contribution in [0.25, 0.3) is 0 Å². The van der Waals surface area contributed by atoms with E-state index >= 15 is 0 Å². The molecule has 33 heavy (non-hydrogen) atoms. The van der Waals surface area contributed by atoms with Gasteiger partial charge >= 0.3 is 0 Å². The summed E-state index contributed by atoms with van der Waals surface area (Å²) in [6, 6.07) is 22.1. The van der Waals surface area contributed by atoms with Crippen molar-refractivity contribution in [3.8, 4) is 0 Å². The van der Waals surface area contributed by atoms with Gasteiger partial charge in [-0.05, 0) is 30.0 Å². The Balaban J connectivity index is 1.37. The average molecular weight is 460 g/mol. The van der Waals surface area contributed by atoms with E-state index in [1.54, 1.807) is 4.90 Å². The van der Waals surface area contributed by atoms with Crippen molar-refractivity contribution < 1.29 is 9.59 Å². The molecule has 5 rings (SSSR count). The Labute approximate surface area is 198 Å². The molecule has 5 nitrogen and oxygen atoms in total. The van der Waals surface area contributed by atoms with Crippen molar-refractivity contribution in [3.05, 3.63) is 93.7 Å². The summed E-state index contributed by atoms with van der Waals surface area (Å²) < 4.78 is 0. The zero-order chi connectivity index (χ0) is 22.8. The van der Waals surface area contributed by atoms with Crippen LogP contribution in [0.3, 0.4) is 0 Å². The average Bonchev–Trinajstić information content (AvgIpc) is 3.64. The van der Waals surface area contributed by atoms with E-state index in [9.17, 15) is 9.59 Å². The molecule has 2 aliphatic rings. The summed E-state index contributed by atoms with van der Waals surface area (Å²) in [6.07, 6.45) is 1.62. The van der Waals surface area contributed by atoms with Crippen LogP contribution in [0.5, 0.6) is 0 Å². The molecule has 3 atom stereocenters. The first kappa shape index (κ1) is 21.9. The smallest absolute Gasteiger partial charge is 0.255 e. The van der Waals surface area contributed by atoms with Crippen molar-refractivity contribution in [1.82, 2.24) is 9.80 Å². The van der Waals surface area contributed by atoms with Gasteiger partial charge in [0.15, 0.2) is 0 Å². The number of nitrogens with two attached hydrogens (primary N) is 1. The number of carbonyl (C=O) groups excluding carboxylic acids is 2. The summed E-state index contributed by atoms with van der Waals surface area (Å²) in [5, 5.41) is 1.86. The number of hydrogen-bond donors (Lipinski definition) is 1. The molecule has 0 aliphatic carbocycles. The van der Waals surface area contributed by atoms with Crippen LogP contribution in [-0.2, 0) is 11.3 Å². The Morgan fingerprint density at radius 2 is 1.61 bits per heavy atom. The Kier molecular flexibility index (Phi) is 6.29. The van der Waals surface area contributed by atoms with Crippen molar-refractivity contribution >= 4 is 23.2 Å². The van der Waals surface area contributed by atoms with E-state index in [1.807, 2.05) is 40.6 Å². The molecule has 2 aliphatic heterocycles. The van der Waals surface area contributed by atoms with Crippen molar-refractivity contribution in [3.63, 3.8) is 0 Å².